The van der Waals surface area contributed by atoms with Crippen LogP contribution < -0.4 is 4.90 Å². The van der Waals surface area contributed by atoms with Crippen LogP contribution >= 0.6 is 0 Å². The number of hydrogen-bond acceptors (Lipinski definition) is 7. The first-order valence-electron chi connectivity index (χ1n) is 10.1. The summed E-state index contributed by atoms with van der Waals surface area (Å²) in [6.45, 7) is 8.33. The van der Waals surface area contributed by atoms with Crippen molar-refractivity contribution < 1.29 is 19.4 Å². The number of piperidine rings is 1. The lowest BCUT2D eigenvalue weighted by atomic mass is 9.78. The van der Waals surface area contributed by atoms with Gasteiger partial charge in [-0.1, -0.05) is 0 Å². The molecular formula is C20H30N4O4. The number of nitrogens with zero attached hydrogens (tertiary/aromatic N) is 4. The van der Waals surface area contributed by atoms with Crippen LogP contribution in [0.5, 0.6) is 0 Å². The SMILES string of the molecule is CC(C)(C)OC(=O)N1C2COCC1CC(O)(c1cnc(N3CCCC3)nc1)C2. The number of morpholine rings is 1. The van der Waals surface area contributed by atoms with E-state index in [1.807, 2.05) is 20.8 Å². The van der Waals surface area contributed by atoms with Crippen molar-refractivity contribution in [2.75, 3.05) is 31.2 Å². The molecule has 1 aromatic heterocycles. The zero-order chi connectivity index (χ0) is 19.9. The summed E-state index contributed by atoms with van der Waals surface area (Å²) in [5.74, 6) is 0.722. The largest absolute Gasteiger partial charge is 0.444 e. The number of aromatic nitrogens is 2. The van der Waals surface area contributed by atoms with E-state index in [1.54, 1.807) is 17.3 Å². The summed E-state index contributed by atoms with van der Waals surface area (Å²) in [5.41, 5.74) is -0.920. The highest BCUT2D eigenvalue weighted by Gasteiger charge is 2.50. The van der Waals surface area contributed by atoms with Crippen LogP contribution in [0.4, 0.5) is 10.7 Å². The van der Waals surface area contributed by atoms with Crippen LogP contribution in [0.15, 0.2) is 12.4 Å². The van der Waals surface area contributed by atoms with E-state index in [1.165, 1.54) is 12.8 Å². The van der Waals surface area contributed by atoms with E-state index in [9.17, 15) is 9.90 Å². The summed E-state index contributed by atoms with van der Waals surface area (Å²) in [5, 5.41) is 11.4. The highest BCUT2D eigenvalue weighted by molar-refractivity contribution is 5.69. The Morgan fingerprint density at radius 1 is 1.18 bits per heavy atom. The van der Waals surface area contributed by atoms with Crippen molar-refractivity contribution in [3.8, 4) is 0 Å². The third-order valence-electron chi connectivity index (χ3n) is 5.72. The maximum Gasteiger partial charge on any atom is 0.410 e. The molecular weight excluding hydrogens is 360 g/mol. The number of fused-ring (bicyclic) bond motifs is 2. The Morgan fingerprint density at radius 2 is 1.75 bits per heavy atom. The van der Waals surface area contributed by atoms with Crippen molar-refractivity contribution in [2.45, 2.75) is 69.7 Å². The fourth-order valence-electron chi connectivity index (χ4n) is 4.47. The van der Waals surface area contributed by atoms with Gasteiger partial charge in [-0.05, 0) is 33.6 Å². The Balaban J connectivity index is 1.51. The second kappa shape index (κ2) is 7.15. The molecule has 3 saturated heterocycles. The molecule has 3 fully saturated rings. The highest BCUT2D eigenvalue weighted by Crippen LogP contribution is 2.41. The van der Waals surface area contributed by atoms with E-state index in [0.29, 0.717) is 31.6 Å². The van der Waals surface area contributed by atoms with Gasteiger partial charge in [-0.2, -0.15) is 0 Å². The van der Waals surface area contributed by atoms with Crippen molar-refractivity contribution in [2.24, 2.45) is 0 Å². The minimum Gasteiger partial charge on any atom is -0.444 e. The summed E-state index contributed by atoms with van der Waals surface area (Å²) < 4.78 is 11.2. The predicted octanol–water partition coefficient (Wildman–Crippen LogP) is 2.06. The van der Waals surface area contributed by atoms with Gasteiger partial charge in [0.2, 0.25) is 5.95 Å². The van der Waals surface area contributed by atoms with Gasteiger partial charge >= 0.3 is 6.09 Å². The minimum atomic E-state index is -1.07. The van der Waals surface area contributed by atoms with E-state index in [4.69, 9.17) is 9.47 Å². The molecule has 0 aliphatic carbocycles. The van der Waals surface area contributed by atoms with Crippen molar-refractivity contribution >= 4 is 12.0 Å². The lowest BCUT2D eigenvalue weighted by Crippen LogP contribution is -2.63. The van der Waals surface area contributed by atoms with Gasteiger partial charge < -0.3 is 19.5 Å². The van der Waals surface area contributed by atoms with Gasteiger partial charge in [0.25, 0.3) is 0 Å². The van der Waals surface area contributed by atoms with Crippen LogP contribution in [0.2, 0.25) is 0 Å². The second-order valence-electron chi connectivity index (χ2n) is 9.14. The van der Waals surface area contributed by atoms with Crippen LogP contribution in [0.3, 0.4) is 0 Å². The molecule has 4 rings (SSSR count). The molecule has 0 aromatic carbocycles. The van der Waals surface area contributed by atoms with Gasteiger partial charge in [-0.3, -0.25) is 4.90 Å². The Morgan fingerprint density at radius 3 is 2.29 bits per heavy atom. The van der Waals surface area contributed by atoms with Crippen molar-refractivity contribution in [1.29, 1.82) is 0 Å². The average molecular weight is 390 g/mol. The minimum absolute atomic E-state index is 0.231. The first kappa shape index (κ1) is 19.4. The third kappa shape index (κ3) is 3.80. The summed E-state index contributed by atoms with van der Waals surface area (Å²) in [7, 11) is 0. The molecule has 0 saturated carbocycles. The molecule has 3 aliphatic heterocycles. The number of carbonyl (C=O) groups excluding carboxylic acids is 1. The van der Waals surface area contributed by atoms with E-state index in [2.05, 4.69) is 14.9 Å². The quantitative estimate of drug-likeness (QED) is 0.827. The molecule has 2 unspecified atom stereocenters. The third-order valence-corrected chi connectivity index (χ3v) is 5.72. The summed E-state index contributed by atoms with van der Waals surface area (Å²) in [4.78, 5) is 25.6. The lowest BCUT2D eigenvalue weighted by Gasteiger charge is -2.51. The van der Waals surface area contributed by atoms with Gasteiger partial charge in [0.05, 0.1) is 30.9 Å². The molecule has 1 N–H and O–H groups in total. The summed E-state index contributed by atoms with van der Waals surface area (Å²) in [6, 6.07) is -0.462. The van der Waals surface area contributed by atoms with Crippen molar-refractivity contribution in [3.05, 3.63) is 18.0 Å². The molecule has 154 valence electrons. The highest BCUT2D eigenvalue weighted by atomic mass is 16.6. The molecule has 1 amide bonds. The number of ether oxygens (including phenoxy) is 2. The van der Waals surface area contributed by atoms with Crippen molar-refractivity contribution in [1.82, 2.24) is 14.9 Å². The monoisotopic (exact) mass is 390 g/mol. The fraction of sp³-hybridized carbons (Fsp3) is 0.750. The molecule has 2 bridgehead atoms. The van der Waals surface area contributed by atoms with Gasteiger partial charge in [-0.15, -0.1) is 0 Å². The molecule has 8 heteroatoms. The zero-order valence-electron chi connectivity index (χ0n) is 16.9. The van der Waals surface area contributed by atoms with E-state index in [0.717, 1.165) is 19.0 Å². The van der Waals surface area contributed by atoms with Gasteiger partial charge in [0.1, 0.15) is 5.60 Å². The van der Waals surface area contributed by atoms with E-state index >= 15 is 0 Å². The maximum atomic E-state index is 12.7. The number of carbonyl (C=O) groups is 1. The molecule has 0 radical (unpaired) electrons. The van der Waals surface area contributed by atoms with Gasteiger partial charge in [0.15, 0.2) is 0 Å². The molecule has 28 heavy (non-hydrogen) atoms. The average Bonchev–Trinajstić information content (AvgIpc) is 3.14. The molecule has 4 heterocycles. The Hall–Kier alpha value is -1.93. The molecule has 2 atom stereocenters. The fourth-order valence-corrected chi connectivity index (χ4v) is 4.47. The molecule has 1 aromatic rings. The predicted molar refractivity (Wildman–Crippen MR) is 103 cm³/mol. The molecule has 3 aliphatic rings. The Labute approximate surface area is 165 Å². The standard InChI is InChI=1S/C20H30N4O4/c1-19(2,3)28-18(25)24-15-8-20(26,9-16(24)13-27-12-15)14-10-21-17(22-11-14)23-6-4-5-7-23/h10-11,15-16,26H,4-9,12-13H2,1-3H3. The zero-order valence-corrected chi connectivity index (χ0v) is 16.9. The Kier molecular flexibility index (Phi) is 4.95. The molecule has 0 spiro atoms. The number of rotatable bonds is 2. The van der Waals surface area contributed by atoms with Crippen LogP contribution in [-0.2, 0) is 15.1 Å². The van der Waals surface area contributed by atoms with Crippen LogP contribution in [-0.4, -0.2) is 70.1 Å². The van der Waals surface area contributed by atoms with Crippen molar-refractivity contribution in [3.63, 3.8) is 0 Å². The normalized spacial score (nSPS) is 30.4. The lowest BCUT2D eigenvalue weighted by molar-refractivity contribution is -0.141. The first-order valence-corrected chi connectivity index (χ1v) is 10.1. The Bertz CT molecular complexity index is 698. The number of amides is 1. The van der Waals surface area contributed by atoms with Crippen LogP contribution in [0.1, 0.15) is 52.0 Å². The summed E-state index contributed by atoms with van der Waals surface area (Å²) in [6.07, 6.45) is 6.23. The van der Waals surface area contributed by atoms with Crippen LogP contribution in [0, 0.1) is 0 Å². The number of aliphatic hydroxyl groups is 1. The second-order valence-corrected chi connectivity index (χ2v) is 9.14. The van der Waals surface area contributed by atoms with Gasteiger partial charge in [0, 0.05) is 43.9 Å². The topological polar surface area (TPSA) is 88.0 Å². The van der Waals surface area contributed by atoms with E-state index < -0.39 is 11.2 Å². The molecule has 8 nitrogen and oxygen atoms in total. The van der Waals surface area contributed by atoms with E-state index in [-0.39, 0.29) is 18.2 Å². The number of anilines is 1. The maximum absolute atomic E-state index is 12.7. The summed E-state index contributed by atoms with van der Waals surface area (Å²) >= 11 is 0. The smallest absolute Gasteiger partial charge is 0.410 e. The van der Waals surface area contributed by atoms with Crippen LogP contribution in [0.25, 0.3) is 0 Å². The number of hydrogen-bond donors (Lipinski definition) is 1. The van der Waals surface area contributed by atoms with Gasteiger partial charge in [-0.25, -0.2) is 14.8 Å². The first-order chi connectivity index (χ1) is 13.3.